The molecule has 0 saturated carbocycles. The summed E-state index contributed by atoms with van der Waals surface area (Å²) in [6, 6.07) is 3.33. The fraction of sp³-hybridized carbons (Fsp3) is 0.588. The summed E-state index contributed by atoms with van der Waals surface area (Å²) in [7, 11) is 0. The van der Waals surface area contributed by atoms with E-state index in [2.05, 4.69) is 11.8 Å². The molecule has 3 nitrogen and oxygen atoms in total. The van der Waals surface area contributed by atoms with Gasteiger partial charge < -0.3 is 4.74 Å². The maximum Gasteiger partial charge on any atom is 0.419 e. The van der Waals surface area contributed by atoms with E-state index in [0.717, 1.165) is 31.7 Å². The number of ether oxygens (including phenoxy) is 1. The molecule has 7 heteroatoms. The number of hydrogen-bond donors (Lipinski definition) is 1. The van der Waals surface area contributed by atoms with E-state index < -0.39 is 17.5 Å². The molecule has 0 unspecified atom stereocenters. The minimum atomic E-state index is -4.58. The molecule has 0 heterocycles. The normalized spacial score (nSPS) is 11.5. The minimum absolute atomic E-state index is 0.0533. The lowest BCUT2D eigenvalue weighted by atomic mass is 10.1. The number of alkyl halides is 3. The van der Waals surface area contributed by atoms with Crippen LogP contribution in [-0.4, -0.2) is 18.9 Å². The molecule has 0 bridgehead atoms. The Balaban J connectivity index is 2.67. The van der Waals surface area contributed by atoms with Gasteiger partial charge in [-0.1, -0.05) is 39.0 Å². The molecule has 0 aliphatic carbocycles. The second-order valence-corrected chi connectivity index (χ2v) is 5.83. The molecule has 0 spiro atoms. The Bertz CT molecular complexity index is 521. The molecule has 0 saturated heterocycles. The van der Waals surface area contributed by atoms with Crippen LogP contribution in [0.3, 0.4) is 0 Å². The first kappa shape index (κ1) is 20.8. The Hall–Kier alpha value is -1.27. The number of nitrogens with one attached hydrogen (secondary N) is 1. The predicted molar refractivity (Wildman–Crippen MR) is 88.5 cm³/mol. The topological polar surface area (TPSA) is 38.3 Å². The standard InChI is InChI=1S/C17H23ClF3NO2/c1-2-3-4-5-6-7-10-24-16-9-8-13(15(23)12-22-18)11-14(16)17(19,20)21/h8-9,11,22H,2-7,10,12H2,1H3. The Labute approximate surface area is 145 Å². The number of unbranched alkanes of at least 4 members (excludes halogenated alkanes) is 5. The molecular formula is C17H23ClF3NO2. The number of rotatable bonds is 11. The number of carbonyl (C=O) groups is 1. The summed E-state index contributed by atoms with van der Waals surface area (Å²) >= 11 is 5.22. The third-order valence-corrected chi connectivity index (χ3v) is 3.72. The van der Waals surface area contributed by atoms with Crippen LogP contribution in [0.4, 0.5) is 13.2 Å². The van der Waals surface area contributed by atoms with Gasteiger partial charge in [0.1, 0.15) is 5.75 Å². The zero-order valence-electron chi connectivity index (χ0n) is 13.7. The van der Waals surface area contributed by atoms with Gasteiger partial charge in [-0.3, -0.25) is 4.79 Å². The average Bonchev–Trinajstić information content (AvgIpc) is 2.53. The smallest absolute Gasteiger partial charge is 0.419 e. The molecule has 1 N–H and O–H groups in total. The minimum Gasteiger partial charge on any atom is -0.493 e. The molecule has 1 rings (SSSR count). The summed E-state index contributed by atoms with van der Waals surface area (Å²) in [5.41, 5.74) is -0.990. The second-order valence-electron chi connectivity index (χ2n) is 5.56. The van der Waals surface area contributed by atoms with Crippen LogP contribution in [0, 0.1) is 0 Å². The van der Waals surface area contributed by atoms with Gasteiger partial charge in [-0.05, 0) is 36.4 Å². The number of ketones is 1. The van der Waals surface area contributed by atoms with Crippen molar-refractivity contribution < 1.29 is 22.7 Å². The van der Waals surface area contributed by atoms with E-state index in [-0.39, 0.29) is 24.5 Å². The largest absolute Gasteiger partial charge is 0.493 e. The van der Waals surface area contributed by atoms with Crippen LogP contribution in [0.1, 0.15) is 61.4 Å². The van der Waals surface area contributed by atoms with Crippen molar-refractivity contribution in [3.63, 3.8) is 0 Å². The first-order valence-electron chi connectivity index (χ1n) is 8.11. The highest BCUT2D eigenvalue weighted by Crippen LogP contribution is 2.37. The summed E-state index contributed by atoms with van der Waals surface area (Å²) in [6.07, 6.45) is 1.57. The third-order valence-electron chi connectivity index (χ3n) is 3.59. The van der Waals surface area contributed by atoms with E-state index in [1.165, 1.54) is 18.6 Å². The lowest BCUT2D eigenvalue weighted by Gasteiger charge is -2.15. The first-order valence-corrected chi connectivity index (χ1v) is 8.48. The monoisotopic (exact) mass is 365 g/mol. The van der Waals surface area contributed by atoms with Crippen molar-refractivity contribution in [1.29, 1.82) is 0 Å². The van der Waals surface area contributed by atoms with Gasteiger partial charge in [0.25, 0.3) is 0 Å². The van der Waals surface area contributed by atoms with Gasteiger partial charge in [-0.25, -0.2) is 4.84 Å². The van der Waals surface area contributed by atoms with Gasteiger partial charge in [0.2, 0.25) is 0 Å². The lowest BCUT2D eigenvalue weighted by molar-refractivity contribution is -0.139. The van der Waals surface area contributed by atoms with Crippen LogP contribution in [0.2, 0.25) is 0 Å². The van der Waals surface area contributed by atoms with Crippen molar-refractivity contribution >= 4 is 17.6 Å². The van der Waals surface area contributed by atoms with E-state index in [9.17, 15) is 18.0 Å². The van der Waals surface area contributed by atoms with Crippen LogP contribution < -0.4 is 9.57 Å². The Morgan fingerprint density at radius 1 is 1.17 bits per heavy atom. The molecule has 24 heavy (non-hydrogen) atoms. The summed E-state index contributed by atoms with van der Waals surface area (Å²) in [5.74, 6) is -0.760. The van der Waals surface area contributed by atoms with Crippen molar-refractivity contribution in [1.82, 2.24) is 4.84 Å². The van der Waals surface area contributed by atoms with Crippen molar-refractivity contribution in [3.8, 4) is 5.75 Å². The molecule has 0 aromatic heterocycles. The van der Waals surface area contributed by atoms with Gasteiger partial charge in [0.05, 0.1) is 18.7 Å². The number of hydrogen-bond acceptors (Lipinski definition) is 3. The Morgan fingerprint density at radius 3 is 2.46 bits per heavy atom. The van der Waals surface area contributed by atoms with E-state index >= 15 is 0 Å². The van der Waals surface area contributed by atoms with Crippen molar-refractivity contribution in [2.24, 2.45) is 0 Å². The molecule has 0 aliphatic rings. The van der Waals surface area contributed by atoms with Gasteiger partial charge in [0, 0.05) is 5.56 Å². The quantitative estimate of drug-likeness (QED) is 0.325. The highest BCUT2D eigenvalue weighted by molar-refractivity contribution is 6.15. The highest BCUT2D eigenvalue weighted by Gasteiger charge is 2.35. The van der Waals surface area contributed by atoms with Crippen molar-refractivity contribution in [2.45, 2.75) is 51.6 Å². The molecular weight excluding hydrogens is 343 g/mol. The van der Waals surface area contributed by atoms with Crippen LogP contribution in [0.15, 0.2) is 18.2 Å². The lowest BCUT2D eigenvalue weighted by Crippen LogP contribution is -2.16. The SMILES string of the molecule is CCCCCCCCOc1ccc(C(=O)CNCl)cc1C(F)(F)F. The maximum absolute atomic E-state index is 13.2. The second kappa shape index (κ2) is 10.6. The zero-order valence-corrected chi connectivity index (χ0v) is 14.5. The van der Waals surface area contributed by atoms with Gasteiger partial charge >= 0.3 is 6.18 Å². The van der Waals surface area contributed by atoms with Crippen molar-refractivity contribution in [2.75, 3.05) is 13.2 Å². The van der Waals surface area contributed by atoms with Crippen LogP contribution in [0.25, 0.3) is 0 Å². The molecule has 0 aliphatic heterocycles. The number of Topliss-reactive ketones (excluding diaryl/α,β-unsaturated/α-hetero) is 1. The van der Waals surface area contributed by atoms with Crippen LogP contribution in [-0.2, 0) is 6.18 Å². The summed E-state index contributed by atoms with van der Waals surface area (Å²) in [4.78, 5) is 13.8. The fourth-order valence-electron chi connectivity index (χ4n) is 2.28. The van der Waals surface area contributed by atoms with Crippen LogP contribution in [0.5, 0.6) is 5.75 Å². The number of benzene rings is 1. The van der Waals surface area contributed by atoms with E-state index in [1.54, 1.807) is 0 Å². The van der Waals surface area contributed by atoms with E-state index in [1.807, 2.05) is 0 Å². The summed E-state index contributed by atoms with van der Waals surface area (Å²) in [6.45, 7) is 2.11. The Kier molecular flexibility index (Phi) is 9.14. The summed E-state index contributed by atoms with van der Waals surface area (Å²) < 4.78 is 44.8. The van der Waals surface area contributed by atoms with Crippen LogP contribution >= 0.6 is 11.8 Å². The molecule has 1 aromatic carbocycles. The van der Waals surface area contributed by atoms with E-state index in [4.69, 9.17) is 16.5 Å². The molecule has 0 amide bonds. The van der Waals surface area contributed by atoms with Gasteiger partial charge in [-0.15, -0.1) is 0 Å². The van der Waals surface area contributed by atoms with Gasteiger partial charge in [0.15, 0.2) is 5.78 Å². The number of halogens is 4. The average molecular weight is 366 g/mol. The molecule has 0 fully saturated rings. The predicted octanol–water partition coefficient (Wildman–Crippen LogP) is 5.37. The number of carbonyl (C=O) groups excluding carboxylic acids is 1. The highest BCUT2D eigenvalue weighted by atomic mass is 35.5. The summed E-state index contributed by atoms with van der Waals surface area (Å²) in [5, 5.41) is 0. The Morgan fingerprint density at radius 2 is 1.83 bits per heavy atom. The third kappa shape index (κ3) is 7.09. The molecule has 0 radical (unpaired) electrons. The van der Waals surface area contributed by atoms with E-state index in [0.29, 0.717) is 6.42 Å². The van der Waals surface area contributed by atoms with Gasteiger partial charge in [-0.2, -0.15) is 13.2 Å². The van der Waals surface area contributed by atoms with Crippen molar-refractivity contribution in [3.05, 3.63) is 29.3 Å². The maximum atomic E-state index is 13.2. The zero-order chi connectivity index (χ0) is 18.0. The molecule has 136 valence electrons. The first-order chi connectivity index (χ1) is 11.4. The molecule has 0 atom stereocenters. The molecule has 1 aromatic rings. The fourth-order valence-corrected chi connectivity index (χ4v) is 2.40.